The molecule has 1 heterocycles. The molecule has 1 saturated carbocycles. The van der Waals surface area contributed by atoms with Crippen LogP contribution < -0.4 is 25.9 Å². The lowest BCUT2D eigenvalue weighted by molar-refractivity contribution is -0.128. The highest BCUT2D eigenvalue weighted by molar-refractivity contribution is 7.81. The number of likely N-dealkylation sites (tertiary alicyclic amines) is 1. The lowest BCUT2D eigenvalue weighted by Crippen LogP contribution is -2.50. The SMILES string of the molecule is C=CC.CC(=O)C(CCCCN)NC(=O)C(Cc1ccc(OS(=O)(=O)F)cc1)NCc1ccc(C(=O)NC(C)C(=C2CCC2)N2CCCC2[B]O)cc1.CCCC. The Bertz CT molecular complexity index is 1690. The number of nitrogens with two attached hydrogens (primary N) is 1. The molecular weight excluding hydrogens is 748 g/mol. The Morgan fingerprint density at radius 3 is 2.14 bits per heavy atom. The number of nitrogens with zero attached hydrogens (tertiary/aromatic N) is 1. The summed E-state index contributed by atoms with van der Waals surface area (Å²) in [5, 5.41) is 19.0. The van der Waals surface area contributed by atoms with Crippen molar-refractivity contribution in [2.75, 3.05) is 13.1 Å². The third-order valence-corrected chi connectivity index (χ3v) is 10.1. The Hall–Kier alpha value is -4.05. The van der Waals surface area contributed by atoms with E-state index >= 15 is 0 Å². The van der Waals surface area contributed by atoms with E-state index < -0.39 is 28.5 Å². The molecule has 0 spiro atoms. The van der Waals surface area contributed by atoms with Gasteiger partial charge in [-0.25, -0.2) is 0 Å². The summed E-state index contributed by atoms with van der Waals surface area (Å²) in [6.07, 6.45) is 11.4. The van der Waals surface area contributed by atoms with Gasteiger partial charge in [0.1, 0.15) is 5.75 Å². The van der Waals surface area contributed by atoms with Gasteiger partial charge in [0, 0.05) is 30.3 Å². The fraction of sp³-hybridized carbons (Fsp3) is 0.548. The zero-order valence-corrected chi connectivity index (χ0v) is 35.2. The van der Waals surface area contributed by atoms with Crippen molar-refractivity contribution in [2.24, 2.45) is 5.73 Å². The van der Waals surface area contributed by atoms with Crippen molar-refractivity contribution in [3.05, 3.63) is 89.1 Å². The minimum absolute atomic E-state index is 0.0480. The number of allylic oxidation sites excluding steroid dienone is 2. The standard InChI is InChI=1S/C35H48BFN5O7S.C4H10.C3H6/c1-23(33(27-7-5-8-27)42-20-6-10-32(42)36-46)40-34(44)28-15-11-26(12-16-28)22-39-31(35(45)41-30(24(2)43)9-3-4-19-38)21-25-13-17-29(18-14-25)49-50(37,47)48;1-3-4-2;1-3-2/h11-18,23,30-32,39,46H,3-10,19-22,38H2,1-2H3,(H,40,44)(H,41,45);3-4H2,1-2H3;3H,1H2,2H3. The van der Waals surface area contributed by atoms with Gasteiger partial charge in [-0.3, -0.25) is 14.4 Å². The molecular formula is C42H64BFN5O7S. The molecule has 2 fully saturated rings. The number of ketones is 1. The van der Waals surface area contributed by atoms with E-state index in [1.54, 1.807) is 30.3 Å². The van der Waals surface area contributed by atoms with E-state index in [1.807, 2.05) is 13.8 Å². The largest absolute Gasteiger partial charge is 0.488 e. The number of carbonyl (C=O) groups is 3. The predicted octanol–water partition coefficient (Wildman–Crippen LogP) is 5.77. The van der Waals surface area contributed by atoms with Crippen molar-refractivity contribution in [1.29, 1.82) is 0 Å². The number of Topliss-reactive ketones (excluding diaryl/α,β-unsaturated/α-hetero) is 1. The Kier molecular flexibility index (Phi) is 22.4. The van der Waals surface area contributed by atoms with Gasteiger partial charge in [-0.1, -0.05) is 60.9 Å². The number of carbonyl (C=O) groups excluding carboxylic acids is 3. The van der Waals surface area contributed by atoms with Crippen LogP contribution in [0.2, 0.25) is 0 Å². The van der Waals surface area contributed by atoms with Crippen molar-refractivity contribution >= 4 is 35.6 Å². The molecule has 57 heavy (non-hydrogen) atoms. The maximum Gasteiger partial charge on any atom is 0.488 e. The topological polar surface area (TPSA) is 180 Å². The fourth-order valence-corrected chi connectivity index (χ4v) is 6.75. The molecule has 2 aromatic rings. The summed E-state index contributed by atoms with van der Waals surface area (Å²) in [4.78, 5) is 41.3. The fourth-order valence-electron chi connectivity index (χ4n) is 6.41. The Morgan fingerprint density at radius 2 is 1.63 bits per heavy atom. The molecule has 4 unspecified atom stereocenters. The third-order valence-electron chi connectivity index (χ3n) is 9.76. The number of rotatable bonds is 20. The van der Waals surface area contributed by atoms with Crippen LogP contribution in [0.3, 0.4) is 0 Å². The van der Waals surface area contributed by atoms with Gasteiger partial charge in [0.25, 0.3) is 5.91 Å². The van der Waals surface area contributed by atoms with Gasteiger partial charge in [0.2, 0.25) is 5.91 Å². The smallest absolute Gasteiger partial charge is 0.452 e. The summed E-state index contributed by atoms with van der Waals surface area (Å²) in [5.74, 6) is -1.04. The van der Waals surface area contributed by atoms with Gasteiger partial charge < -0.3 is 35.8 Å². The number of halogens is 1. The third kappa shape index (κ3) is 17.5. The van der Waals surface area contributed by atoms with Crippen LogP contribution in [-0.2, 0) is 33.1 Å². The highest BCUT2D eigenvalue weighted by Crippen LogP contribution is 2.35. The van der Waals surface area contributed by atoms with Crippen LogP contribution in [-0.4, -0.2) is 80.6 Å². The molecule has 2 amide bonds. The van der Waals surface area contributed by atoms with Crippen LogP contribution >= 0.6 is 0 Å². The molecule has 1 radical (unpaired) electrons. The first-order valence-electron chi connectivity index (χ1n) is 20.1. The molecule has 15 heteroatoms. The second-order valence-corrected chi connectivity index (χ2v) is 15.4. The zero-order chi connectivity index (χ0) is 42.4. The van der Waals surface area contributed by atoms with Crippen molar-refractivity contribution in [3.63, 3.8) is 0 Å². The summed E-state index contributed by atoms with van der Waals surface area (Å²) in [5.41, 5.74) is 9.96. The summed E-state index contributed by atoms with van der Waals surface area (Å²) in [6.45, 7) is 14.6. The van der Waals surface area contributed by atoms with Crippen molar-refractivity contribution in [1.82, 2.24) is 20.9 Å². The van der Waals surface area contributed by atoms with Crippen molar-refractivity contribution in [2.45, 2.75) is 136 Å². The predicted molar refractivity (Wildman–Crippen MR) is 225 cm³/mol. The van der Waals surface area contributed by atoms with Gasteiger partial charge in [-0.05, 0) is 126 Å². The van der Waals surface area contributed by atoms with Crippen LogP contribution in [0, 0.1) is 0 Å². The van der Waals surface area contributed by atoms with Gasteiger partial charge in [-0.2, -0.15) is 8.42 Å². The zero-order valence-electron chi connectivity index (χ0n) is 34.4. The molecule has 4 rings (SSSR count). The molecule has 1 aliphatic carbocycles. The minimum Gasteiger partial charge on any atom is -0.452 e. The number of hydrogen-bond acceptors (Lipinski definition) is 10. The summed E-state index contributed by atoms with van der Waals surface area (Å²) < 4.78 is 38.9. The number of hydrogen-bond donors (Lipinski definition) is 5. The lowest BCUT2D eigenvalue weighted by Gasteiger charge is -2.36. The van der Waals surface area contributed by atoms with E-state index in [-0.39, 0.29) is 42.4 Å². The monoisotopic (exact) mass is 812 g/mol. The molecule has 12 nitrogen and oxygen atoms in total. The van der Waals surface area contributed by atoms with Crippen LogP contribution in [0.4, 0.5) is 3.89 Å². The number of nitrogens with one attached hydrogen (secondary N) is 3. The molecule has 0 aromatic heterocycles. The minimum atomic E-state index is -5.18. The average molecular weight is 813 g/mol. The van der Waals surface area contributed by atoms with E-state index in [0.717, 1.165) is 56.3 Å². The first-order valence-corrected chi connectivity index (χ1v) is 21.4. The maximum absolute atomic E-state index is 13.5. The molecule has 2 aromatic carbocycles. The number of amides is 2. The molecule has 1 aliphatic heterocycles. The van der Waals surface area contributed by atoms with E-state index in [4.69, 9.17) is 5.73 Å². The van der Waals surface area contributed by atoms with Crippen LogP contribution in [0.15, 0.2) is 72.5 Å². The van der Waals surface area contributed by atoms with Crippen LogP contribution in [0.5, 0.6) is 5.75 Å². The van der Waals surface area contributed by atoms with E-state index in [0.29, 0.717) is 30.5 Å². The normalized spacial score (nSPS) is 16.2. The Balaban J connectivity index is 0.00000148. The summed E-state index contributed by atoms with van der Waals surface area (Å²) in [6, 6.07) is 11.0. The highest BCUT2D eigenvalue weighted by atomic mass is 32.3. The molecule has 2 aliphatic rings. The first-order chi connectivity index (χ1) is 27.2. The van der Waals surface area contributed by atoms with E-state index in [9.17, 15) is 31.7 Å². The highest BCUT2D eigenvalue weighted by Gasteiger charge is 2.33. The van der Waals surface area contributed by atoms with Gasteiger partial charge in [-0.15, -0.1) is 6.58 Å². The average Bonchev–Trinajstić information content (AvgIpc) is 3.63. The summed E-state index contributed by atoms with van der Waals surface area (Å²) in [7, 11) is -3.93. The molecule has 315 valence electrons. The van der Waals surface area contributed by atoms with E-state index in [2.05, 4.69) is 45.5 Å². The van der Waals surface area contributed by atoms with Crippen LogP contribution in [0.1, 0.15) is 120 Å². The molecule has 1 saturated heterocycles. The first kappa shape index (κ1) is 49.1. The quantitative estimate of drug-likeness (QED) is 0.0477. The van der Waals surface area contributed by atoms with Gasteiger partial charge in [0.15, 0.2) is 5.78 Å². The van der Waals surface area contributed by atoms with Crippen molar-refractivity contribution in [3.8, 4) is 5.75 Å². The number of benzene rings is 2. The lowest BCUT2D eigenvalue weighted by atomic mass is 9.83. The molecule has 6 N–H and O–H groups in total. The van der Waals surface area contributed by atoms with E-state index in [1.165, 1.54) is 57.1 Å². The van der Waals surface area contributed by atoms with Crippen molar-refractivity contribution < 1.29 is 35.9 Å². The maximum atomic E-state index is 13.5. The van der Waals surface area contributed by atoms with Crippen LogP contribution in [0.25, 0.3) is 0 Å². The Labute approximate surface area is 341 Å². The number of unbranched alkanes of at least 4 members (excludes halogenated alkanes) is 2. The second-order valence-electron chi connectivity index (χ2n) is 14.4. The van der Waals surface area contributed by atoms with Gasteiger partial charge in [0.05, 0.1) is 18.1 Å². The summed E-state index contributed by atoms with van der Waals surface area (Å²) >= 11 is 0. The Morgan fingerprint density at radius 1 is 1.02 bits per heavy atom. The molecule has 0 bridgehead atoms. The second kappa shape index (κ2) is 26.1. The van der Waals surface area contributed by atoms with Gasteiger partial charge >= 0.3 is 18.0 Å². The molecule has 4 atom stereocenters.